The van der Waals surface area contributed by atoms with Gasteiger partial charge in [0.15, 0.2) is 0 Å². The van der Waals surface area contributed by atoms with Crippen LogP contribution < -0.4 is 9.21 Å². The molecule has 1 unspecified atom stereocenters. The molecule has 3 aromatic rings. The van der Waals surface area contributed by atoms with Gasteiger partial charge in [0.2, 0.25) is 0 Å². The summed E-state index contributed by atoms with van der Waals surface area (Å²) in [6.07, 6.45) is 0. The zero-order valence-corrected chi connectivity index (χ0v) is 18.5. The van der Waals surface area contributed by atoms with E-state index in [4.69, 9.17) is 32.6 Å². The Morgan fingerprint density at radius 1 is 1.00 bits per heavy atom. The third-order valence-electron chi connectivity index (χ3n) is 3.86. The van der Waals surface area contributed by atoms with Crippen LogP contribution in [0.3, 0.4) is 0 Å². The number of hydrogen-bond acceptors (Lipinski definition) is 5. The zero-order chi connectivity index (χ0) is 21.4. The van der Waals surface area contributed by atoms with Crippen LogP contribution in [0.5, 0.6) is 5.75 Å². The van der Waals surface area contributed by atoms with Crippen LogP contribution in [0, 0.1) is 0 Å². The number of benzene rings is 3. The van der Waals surface area contributed by atoms with Crippen LogP contribution in [0.15, 0.2) is 59.5 Å². The molecule has 1 N–H and O–H groups in total. The fourth-order valence-corrected chi connectivity index (χ4v) is 5.62. The lowest BCUT2D eigenvalue weighted by atomic mass is 10.1. The molecule has 0 amide bonds. The predicted molar refractivity (Wildman–Crippen MR) is 113 cm³/mol. The Bertz CT molecular complexity index is 1210. The molecule has 0 saturated carbocycles. The van der Waals surface area contributed by atoms with E-state index in [1.165, 1.54) is 37.4 Å². The first-order valence-electron chi connectivity index (χ1n) is 8.10. The van der Waals surface area contributed by atoms with Gasteiger partial charge in [0.25, 0.3) is 10.0 Å². The Hall–Kier alpha value is -1.80. The second-order valence-electron chi connectivity index (χ2n) is 6.05. The first-order chi connectivity index (χ1) is 13.5. The Labute approximate surface area is 177 Å². The minimum Gasteiger partial charge on any atom is -0.496 e. The highest BCUT2D eigenvalue weighted by Gasteiger charge is 2.33. The van der Waals surface area contributed by atoms with Crippen molar-refractivity contribution in [2.45, 2.75) is 4.90 Å². The first kappa shape index (κ1) is 21.9. The van der Waals surface area contributed by atoms with Crippen LogP contribution in [-0.2, 0) is 19.2 Å². The largest absolute Gasteiger partial charge is 0.496 e. The standard InChI is InChI=1S/C18H16Cl2NO6PS/c1-26-18-8-7-17(15-5-3-4-6-16(15)18)21(27-28(2,22)23)29(24,25)14-10-12(19)9-13(20)11-14/h3-11H,1-2H3,(H,22,23). The number of hydrogen-bond donors (Lipinski definition) is 1. The Morgan fingerprint density at radius 2 is 1.59 bits per heavy atom. The molecule has 11 heteroatoms. The maximum absolute atomic E-state index is 13.3. The van der Waals surface area contributed by atoms with Crippen molar-refractivity contribution in [2.24, 2.45) is 0 Å². The van der Waals surface area contributed by atoms with E-state index in [0.717, 1.165) is 6.66 Å². The molecule has 3 rings (SSSR count). The van der Waals surface area contributed by atoms with Crippen LogP contribution >= 0.6 is 30.8 Å². The number of rotatable bonds is 6. The fourth-order valence-electron chi connectivity index (χ4n) is 2.72. The monoisotopic (exact) mass is 475 g/mol. The fraction of sp³-hybridized carbons (Fsp3) is 0.111. The van der Waals surface area contributed by atoms with Crippen molar-refractivity contribution in [3.63, 3.8) is 0 Å². The SMILES string of the molecule is COc1ccc(N(OP(C)(=O)O)S(=O)(=O)c2cc(Cl)cc(Cl)c2)c2ccccc12. The molecule has 0 spiro atoms. The lowest BCUT2D eigenvalue weighted by molar-refractivity contribution is 0.279. The van der Waals surface area contributed by atoms with Crippen molar-refractivity contribution in [3.05, 3.63) is 64.6 Å². The van der Waals surface area contributed by atoms with Crippen molar-refractivity contribution in [3.8, 4) is 5.75 Å². The molecule has 3 aromatic carbocycles. The van der Waals surface area contributed by atoms with Crippen LogP contribution in [-0.4, -0.2) is 27.1 Å². The molecule has 0 aromatic heterocycles. The van der Waals surface area contributed by atoms with Crippen molar-refractivity contribution in [1.29, 1.82) is 0 Å². The van der Waals surface area contributed by atoms with E-state index < -0.39 is 17.6 Å². The van der Waals surface area contributed by atoms with Gasteiger partial charge < -0.3 is 9.63 Å². The number of ether oxygens (including phenoxy) is 1. The number of nitrogens with zero attached hydrogens (tertiary/aromatic N) is 1. The molecule has 29 heavy (non-hydrogen) atoms. The molecule has 0 radical (unpaired) electrons. The molecule has 0 fully saturated rings. The molecule has 0 aliphatic carbocycles. The summed E-state index contributed by atoms with van der Waals surface area (Å²) in [5, 5.41) is 1.18. The number of halogens is 2. The van der Waals surface area contributed by atoms with Crippen LogP contribution in [0.1, 0.15) is 0 Å². The van der Waals surface area contributed by atoms with E-state index >= 15 is 0 Å². The van der Waals surface area contributed by atoms with Gasteiger partial charge in [0.05, 0.1) is 17.7 Å². The normalized spacial score (nSPS) is 13.8. The number of anilines is 1. The second kappa shape index (κ2) is 8.14. The van der Waals surface area contributed by atoms with Gasteiger partial charge in [-0.2, -0.15) is 13.0 Å². The van der Waals surface area contributed by atoms with Gasteiger partial charge >= 0.3 is 7.60 Å². The molecular formula is C18H16Cl2NO6PS. The van der Waals surface area contributed by atoms with Crippen LogP contribution in [0.2, 0.25) is 10.0 Å². The Balaban J connectivity index is 2.30. The number of fused-ring (bicyclic) bond motifs is 1. The molecule has 0 heterocycles. The van der Waals surface area contributed by atoms with E-state index in [1.54, 1.807) is 24.3 Å². The third-order valence-corrected chi connectivity index (χ3v) is 6.41. The molecule has 7 nitrogen and oxygen atoms in total. The van der Waals surface area contributed by atoms with Crippen LogP contribution in [0.25, 0.3) is 10.8 Å². The molecule has 0 aliphatic heterocycles. The molecule has 1 atom stereocenters. The van der Waals surface area contributed by atoms with E-state index in [0.29, 0.717) is 21.0 Å². The average molecular weight is 476 g/mol. The van der Waals surface area contributed by atoms with E-state index in [2.05, 4.69) is 0 Å². The minimum atomic E-state index is -4.47. The van der Waals surface area contributed by atoms with Gasteiger partial charge in [0, 0.05) is 27.5 Å². The van der Waals surface area contributed by atoms with Crippen LogP contribution in [0.4, 0.5) is 5.69 Å². The number of sulfonamides is 1. The summed E-state index contributed by atoms with van der Waals surface area (Å²) in [4.78, 5) is 9.49. The first-order valence-corrected chi connectivity index (χ1v) is 12.3. The van der Waals surface area contributed by atoms with E-state index in [-0.39, 0.29) is 20.6 Å². The van der Waals surface area contributed by atoms with E-state index in [9.17, 15) is 17.9 Å². The average Bonchev–Trinajstić information content (AvgIpc) is 2.64. The maximum atomic E-state index is 13.3. The highest BCUT2D eigenvalue weighted by molar-refractivity contribution is 7.92. The molecule has 0 bridgehead atoms. The summed E-state index contributed by atoms with van der Waals surface area (Å²) < 4.78 is 49.5. The van der Waals surface area contributed by atoms with Crippen molar-refractivity contribution >= 4 is 57.3 Å². The highest BCUT2D eigenvalue weighted by atomic mass is 35.5. The van der Waals surface area contributed by atoms with Gasteiger partial charge in [-0.15, -0.1) is 4.47 Å². The zero-order valence-electron chi connectivity index (χ0n) is 15.2. The lowest BCUT2D eigenvalue weighted by Crippen LogP contribution is -2.30. The highest BCUT2D eigenvalue weighted by Crippen LogP contribution is 2.44. The topological polar surface area (TPSA) is 93.1 Å². The Kier molecular flexibility index (Phi) is 6.15. The molecular weight excluding hydrogens is 460 g/mol. The van der Waals surface area contributed by atoms with Gasteiger partial charge in [-0.3, -0.25) is 4.57 Å². The summed E-state index contributed by atoms with van der Waals surface area (Å²) in [5.74, 6) is 0.496. The predicted octanol–water partition coefficient (Wildman–Crippen LogP) is 5.10. The molecule has 0 saturated heterocycles. The Morgan fingerprint density at radius 3 is 2.14 bits per heavy atom. The van der Waals surface area contributed by atoms with Gasteiger partial charge in [-0.25, -0.2) is 0 Å². The summed E-state index contributed by atoms with van der Waals surface area (Å²) in [7, 11) is -7.27. The number of methoxy groups -OCH3 is 1. The smallest absolute Gasteiger partial charge is 0.347 e. The van der Waals surface area contributed by atoms with Gasteiger partial charge in [-0.1, -0.05) is 47.5 Å². The van der Waals surface area contributed by atoms with Crippen molar-refractivity contribution in [1.82, 2.24) is 0 Å². The van der Waals surface area contributed by atoms with Gasteiger partial charge in [-0.05, 0) is 30.3 Å². The van der Waals surface area contributed by atoms with E-state index in [1.807, 2.05) is 0 Å². The van der Waals surface area contributed by atoms with Crippen molar-refractivity contribution < 1.29 is 27.2 Å². The quantitative estimate of drug-likeness (QED) is 0.393. The van der Waals surface area contributed by atoms with Crippen molar-refractivity contribution in [2.75, 3.05) is 18.2 Å². The molecule has 0 aliphatic rings. The summed E-state index contributed by atoms with van der Waals surface area (Å²) >= 11 is 11.9. The lowest BCUT2D eigenvalue weighted by Gasteiger charge is -2.26. The summed E-state index contributed by atoms with van der Waals surface area (Å²) in [6.45, 7) is 0.881. The second-order valence-corrected chi connectivity index (χ2v) is 10.4. The third kappa shape index (κ3) is 4.69. The summed E-state index contributed by atoms with van der Waals surface area (Å²) in [5.41, 5.74) is 0.0219. The van der Waals surface area contributed by atoms with Gasteiger partial charge in [0.1, 0.15) is 5.75 Å². The summed E-state index contributed by atoms with van der Waals surface area (Å²) in [6, 6.07) is 13.5. The minimum absolute atomic E-state index is 0.0219. The maximum Gasteiger partial charge on any atom is 0.347 e. The molecule has 154 valence electrons.